The Hall–Kier alpha value is -2.00. The van der Waals surface area contributed by atoms with Crippen LogP contribution in [0.5, 0.6) is 0 Å². The molecule has 0 heterocycles. The van der Waals surface area contributed by atoms with Crippen LogP contribution in [0.15, 0.2) is 70.5 Å². The second-order valence-corrected chi connectivity index (χ2v) is 10.7. The van der Waals surface area contributed by atoms with E-state index in [1.807, 2.05) is 13.8 Å². The minimum absolute atomic E-state index is 0.0625. The van der Waals surface area contributed by atoms with Gasteiger partial charge in [-0.2, -0.15) is 8.42 Å². The van der Waals surface area contributed by atoms with Crippen LogP contribution in [0.3, 0.4) is 0 Å². The van der Waals surface area contributed by atoms with Crippen molar-refractivity contribution < 1.29 is 21.0 Å². The number of hydrogen-bond acceptors (Lipinski definition) is 5. The fourth-order valence-electron chi connectivity index (χ4n) is 2.71. The van der Waals surface area contributed by atoms with Crippen LogP contribution in [0.1, 0.15) is 37.3 Å². The van der Waals surface area contributed by atoms with Gasteiger partial charge in [-0.05, 0) is 64.3 Å². The van der Waals surface area contributed by atoms with E-state index in [1.165, 1.54) is 12.1 Å². The summed E-state index contributed by atoms with van der Waals surface area (Å²) in [7, 11) is -7.39. The monoisotopic (exact) mass is 451 g/mol. The molecule has 2 rings (SSSR count). The van der Waals surface area contributed by atoms with E-state index >= 15 is 0 Å². The predicted octanol–water partition coefficient (Wildman–Crippen LogP) is 4.10. The van der Waals surface area contributed by atoms with Gasteiger partial charge in [0.15, 0.2) is 0 Å². The van der Waals surface area contributed by atoms with Crippen LogP contribution >= 0.6 is 0 Å². The molecule has 8 heteroatoms. The summed E-state index contributed by atoms with van der Waals surface area (Å²) < 4.78 is 56.9. The van der Waals surface area contributed by atoms with Gasteiger partial charge in [0, 0.05) is 6.04 Å². The quantitative estimate of drug-likeness (QED) is 0.316. The number of nitrogens with one attached hydrogen (secondary N) is 1. The van der Waals surface area contributed by atoms with Crippen molar-refractivity contribution >= 4 is 20.1 Å². The van der Waals surface area contributed by atoms with E-state index in [1.54, 1.807) is 43.3 Å². The van der Waals surface area contributed by atoms with Crippen molar-refractivity contribution in [3.05, 3.63) is 71.8 Å². The number of sulfonamides is 1. The van der Waals surface area contributed by atoms with Gasteiger partial charge in [-0.1, -0.05) is 47.5 Å². The van der Waals surface area contributed by atoms with Crippen molar-refractivity contribution in [1.29, 1.82) is 0 Å². The van der Waals surface area contributed by atoms with Gasteiger partial charge in [0.1, 0.15) is 0 Å². The van der Waals surface area contributed by atoms with E-state index in [0.717, 1.165) is 16.7 Å². The normalized spacial score (nSPS) is 13.2. The van der Waals surface area contributed by atoms with Gasteiger partial charge >= 0.3 is 0 Å². The van der Waals surface area contributed by atoms with Gasteiger partial charge in [-0.3, -0.25) is 4.18 Å². The highest BCUT2D eigenvalue weighted by atomic mass is 32.2. The SMILES string of the molecule is C=C(CCCCOS(=O)(=O)c1ccc(C)cc1)C(C)NS(=O)(=O)c1ccc(C)cc1. The molecule has 0 aliphatic rings. The lowest BCUT2D eigenvalue weighted by Gasteiger charge is -2.17. The fraction of sp³-hybridized carbons (Fsp3) is 0.364. The van der Waals surface area contributed by atoms with E-state index in [0.29, 0.717) is 19.3 Å². The summed E-state index contributed by atoms with van der Waals surface area (Å²) in [6.07, 6.45) is 1.71. The Morgan fingerprint density at radius 2 is 1.40 bits per heavy atom. The maximum Gasteiger partial charge on any atom is 0.296 e. The predicted molar refractivity (Wildman–Crippen MR) is 118 cm³/mol. The average molecular weight is 452 g/mol. The lowest BCUT2D eigenvalue weighted by Crippen LogP contribution is -2.33. The summed E-state index contributed by atoms with van der Waals surface area (Å²) in [6.45, 7) is 9.54. The van der Waals surface area contributed by atoms with Gasteiger partial charge in [-0.15, -0.1) is 0 Å². The second-order valence-electron chi connectivity index (χ2n) is 7.36. The molecule has 0 aliphatic heterocycles. The summed E-state index contributed by atoms with van der Waals surface area (Å²) in [5.74, 6) is 0. The van der Waals surface area contributed by atoms with E-state index in [9.17, 15) is 16.8 Å². The van der Waals surface area contributed by atoms with E-state index in [-0.39, 0.29) is 16.4 Å². The number of benzene rings is 2. The molecule has 0 fully saturated rings. The summed E-state index contributed by atoms with van der Waals surface area (Å²) >= 11 is 0. The smallest absolute Gasteiger partial charge is 0.266 e. The molecule has 1 N–H and O–H groups in total. The highest BCUT2D eigenvalue weighted by Gasteiger charge is 2.19. The lowest BCUT2D eigenvalue weighted by atomic mass is 10.1. The third-order valence-electron chi connectivity index (χ3n) is 4.72. The molecule has 0 bridgehead atoms. The van der Waals surface area contributed by atoms with E-state index in [4.69, 9.17) is 4.18 Å². The molecule has 0 aromatic heterocycles. The largest absolute Gasteiger partial charge is 0.296 e. The maximum absolute atomic E-state index is 12.5. The van der Waals surface area contributed by atoms with Crippen molar-refractivity contribution in [2.24, 2.45) is 0 Å². The van der Waals surface area contributed by atoms with Gasteiger partial charge in [0.2, 0.25) is 10.0 Å². The van der Waals surface area contributed by atoms with Gasteiger partial charge < -0.3 is 0 Å². The van der Waals surface area contributed by atoms with Crippen molar-refractivity contribution in [2.45, 2.75) is 55.9 Å². The van der Waals surface area contributed by atoms with E-state index < -0.39 is 26.2 Å². The molecular formula is C22H29NO5S2. The Morgan fingerprint density at radius 1 is 0.900 bits per heavy atom. The molecule has 30 heavy (non-hydrogen) atoms. The molecule has 1 atom stereocenters. The molecule has 1 unspecified atom stereocenters. The minimum atomic E-state index is -3.77. The Labute approximate surface area is 180 Å². The third kappa shape index (κ3) is 7.05. The zero-order valence-corrected chi connectivity index (χ0v) is 19.2. The van der Waals surface area contributed by atoms with Crippen LogP contribution in [-0.2, 0) is 24.3 Å². The Morgan fingerprint density at radius 3 is 1.93 bits per heavy atom. The first kappa shape index (κ1) is 24.3. The summed E-state index contributed by atoms with van der Waals surface area (Å²) in [5.41, 5.74) is 2.68. The second kappa shape index (κ2) is 10.3. The van der Waals surface area contributed by atoms with Gasteiger partial charge in [0.25, 0.3) is 10.1 Å². The van der Waals surface area contributed by atoms with Crippen LogP contribution in [-0.4, -0.2) is 29.5 Å². The fourth-order valence-corrected chi connectivity index (χ4v) is 4.92. The standard InChI is InChI=1S/C22H29NO5S2/c1-17-8-12-21(13-9-17)29(24,25)23-20(4)19(3)7-5-6-16-28-30(26,27)22-14-10-18(2)11-15-22/h8-15,20,23H,3,5-7,16H2,1-2,4H3. The Kier molecular flexibility index (Phi) is 8.37. The zero-order valence-electron chi connectivity index (χ0n) is 17.6. The third-order valence-corrected chi connectivity index (χ3v) is 7.60. The lowest BCUT2D eigenvalue weighted by molar-refractivity contribution is 0.308. The Bertz CT molecular complexity index is 1060. The molecule has 2 aromatic rings. The van der Waals surface area contributed by atoms with Crippen LogP contribution in [0, 0.1) is 13.8 Å². The van der Waals surface area contributed by atoms with Crippen LogP contribution < -0.4 is 4.72 Å². The number of hydrogen-bond donors (Lipinski definition) is 1. The Balaban J connectivity index is 1.77. The molecule has 164 valence electrons. The van der Waals surface area contributed by atoms with Gasteiger partial charge in [-0.25, -0.2) is 13.1 Å². The summed E-state index contributed by atoms with van der Waals surface area (Å²) in [5, 5.41) is 0. The molecule has 2 aromatic carbocycles. The molecule has 6 nitrogen and oxygen atoms in total. The van der Waals surface area contributed by atoms with Crippen molar-refractivity contribution in [2.75, 3.05) is 6.61 Å². The molecule has 0 aliphatic carbocycles. The summed E-state index contributed by atoms with van der Waals surface area (Å²) in [6, 6.07) is 12.7. The topological polar surface area (TPSA) is 89.5 Å². The summed E-state index contributed by atoms with van der Waals surface area (Å²) in [4.78, 5) is 0.346. The highest BCUT2D eigenvalue weighted by molar-refractivity contribution is 7.89. The molecule has 0 amide bonds. The molecule has 0 spiro atoms. The molecule has 0 saturated heterocycles. The van der Waals surface area contributed by atoms with Crippen LogP contribution in [0.4, 0.5) is 0 Å². The highest BCUT2D eigenvalue weighted by Crippen LogP contribution is 2.17. The van der Waals surface area contributed by atoms with Gasteiger partial charge in [0.05, 0.1) is 16.4 Å². The molecular weight excluding hydrogens is 422 g/mol. The minimum Gasteiger partial charge on any atom is -0.266 e. The zero-order chi connectivity index (χ0) is 22.4. The molecule has 0 radical (unpaired) electrons. The van der Waals surface area contributed by atoms with E-state index in [2.05, 4.69) is 11.3 Å². The number of rotatable bonds is 11. The first-order valence-corrected chi connectivity index (χ1v) is 12.6. The number of aryl methyl sites for hydroxylation is 2. The average Bonchev–Trinajstić information content (AvgIpc) is 2.67. The van der Waals surface area contributed by atoms with Crippen LogP contribution in [0.25, 0.3) is 0 Å². The number of unbranched alkanes of at least 4 members (excludes halogenated alkanes) is 1. The maximum atomic E-state index is 12.5. The van der Waals surface area contributed by atoms with Crippen molar-refractivity contribution in [3.8, 4) is 0 Å². The van der Waals surface area contributed by atoms with Crippen LogP contribution in [0.2, 0.25) is 0 Å². The van der Waals surface area contributed by atoms with Crippen molar-refractivity contribution in [1.82, 2.24) is 4.72 Å². The first-order chi connectivity index (χ1) is 14.0. The molecule has 0 saturated carbocycles. The first-order valence-electron chi connectivity index (χ1n) is 9.74. The van der Waals surface area contributed by atoms with Crippen molar-refractivity contribution in [3.63, 3.8) is 0 Å².